The topological polar surface area (TPSA) is 108 Å². The number of ether oxygens (including phenoxy) is 1. The summed E-state index contributed by atoms with van der Waals surface area (Å²) in [5, 5.41) is 9.57. The molecular formula is C25H25F4N5O3S. The number of aromatic nitrogens is 2. The van der Waals surface area contributed by atoms with Crippen LogP contribution < -0.4 is 15.0 Å². The molecule has 0 bridgehead atoms. The van der Waals surface area contributed by atoms with Crippen molar-refractivity contribution in [2.75, 3.05) is 29.6 Å². The fraction of sp³-hybridized carbons (Fsp3) is 0.320. The second-order valence-electron chi connectivity index (χ2n) is 8.96. The number of alkyl halides is 3. The van der Waals surface area contributed by atoms with Crippen LogP contribution in [-0.2, 0) is 15.9 Å². The molecule has 1 amide bonds. The molecule has 13 heteroatoms. The Labute approximate surface area is 217 Å². The largest absolute Gasteiger partial charge is 0.437 e. The van der Waals surface area contributed by atoms with E-state index in [9.17, 15) is 26.6 Å². The lowest BCUT2D eigenvalue weighted by Crippen LogP contribution is -2.34. The first-order valence-electron chi connectivity index (χ1n) is 11.7. The van der Waals surface area contributed by atoms with Crippen molar-refractivity contribution in [2.24, 2.45) is 0 Å². The summed E-state index contributed by atoms with van der Waals surface area (Å²) in [4.78, 5) is 15.2. The lowest BCUT2D eigenvalue weighted by Gasteiger charge is -2.32. The number of nitrogens with one attached hydrogen (secondary N) is 2. The van der Waals surface area contributed by atoms with E-state index in [-0.39, 0.29) is 29.4 Å². The third-order valence-electron chi connectivity index (χ3n) is 5.97. The van der Waals surface area contributed by atoms with Gasteiger partial charge in [0.1, 0.15) is 17.1 Å². The Hall–Kier alpha value is -3.74. The average Bonchev–Trinajstić information content (AvgIpc) is 2.85. The number of nitrogens with zero attached hydrogens (tertiary/aromatic N) is 3. The summed E-state index contributed by atoms with van der Waals surface area (Å²) in [5.74, 6) is -1.91. The lowest BCUT2D eigenvalue weighted by atomic mass is 10.1. The van der Waals surface area contributed by atoms with Gasteiger partial charge in [0.2, 0.25) is 0 Å². The maximum absolute atomic E-state index is 14.1. The fourth-order valence-electron chi connectivity index (χ4n) is 4.15. The molecule has 0 saturated carbocycles. The number of carbonyl (C=O) groups is 1. The van der Waals surface area contributed by atoms with Crippen molar-refractivity contribution in [1.82, 2.24) is 10.2 Å². The Morgan fingerprint density at radius 2 is 1.82 bits per heavy atom. The minimum absolute atomic E-state index is 0.0843. The van der Waals surface area contributed by atoms with Gasteiger partial charge in [-0.05, 0) is 68.1 Å². The number of amides is 1. The first-order valence-corrected chi connectivity index (χ1v) is 13.6. The summed E-state index contributed by atoms with van der Waals surface area (Å²) in [7, 11) is -3.12. The highest BCUT2D eigenvalue weighted by Crippen LogP contribution is 2.42. The Morgan fingerprint density at radius 1 is 1.11 bits per heavy atom. The normalized spacial score (nSPS) is 15.6. The summed E-state index contributed by atoms with van der Waals surface area (Å²) in [6.45, 7) is 2.06. The molecular weight excluding hydrogens is 526 g/mol. The van der Waals surface area contributed by atoms with E-state index in [1.54, 1.807) is 0 Å². The molecule has 0 radical (unpaired) electrons. The minimum atomic E-state index is -4.92. The highest BCUT2D eigenvalue weighted by molar-refractivity contribution is 7.91. The monoisotopic (exact) mass is 551 g/mol. The van der Waals surface area contributed by atoms with Crippen LogP contribution >= 0.6 is 0 Å². The Morgan fingerprint density at radius 3 is 2.45 bits per heavy atom. The van der Waals surface area contributed by atoms with Gasteiger partial charge in [-0.3, -0.25) is 4.79 Å². The summed E-state index contributed by atoms with van der Waals surface area (Å²) in [5.41, 5.74) is -1.84. The third-order valence-corrected chi connectivity index (χ3v) is 7.12. The number of hydrogen-bond acceptors (Lipinski definition) is 7. The number of rotatable bonds is 6. The van der Waals surface area contributed by atoms with Crippen molar-refractivity contribution in [1.29, 1.82) is 4.78 Å². The van der Waals surface area contributed by atoms with Gasteiger partial charge in [0.25, 0.3) is 11.8 Å². The molecule has 1 atom stereocenters. The van der Waals surface area contributed by atoms with Gasteiger partial charge in [0.05, 0.1) is 15.4 Å². The van der Waals surface area contributed by atoms with Crippen LogP contribution in [0.25, 0.3) is 0 Å². The van der Waals surface area contributed by atoms with Crippen LogP contribution in [0.15, 0.2) is 47.4 Å². The molecule has 4 rings (SSSR count). The fourth-order valence-corrected chi connectivity index (χ4v) is 4.84. The third kappa shape index (κ3) is 6.04. The molecule has 0 aliphatic carbocycles. The van der Waals surface area contributed by atoms with E-state index >= 15 is 0 Å². The van der Waals surface area contributed by atoms with Gasteiger partial charge in [0, 0.05) is 29.9 Å². The Bertz CT molecular complexity index is 1470. The first kappa shape index (κ1) is 27.3. The molecule has 1 saturated heterocycles. The SMILES string of the molecule is Cc1cc(F)ccc1Oc1nnc(C(F)(F)F)c(N2CCCCC2)c1C(=O)Nc1cccc([S@@](C)(=N)=O)c1. The van der Waals surface area contributed by atoms with Crippen LogP contribution in [-0.4, -0.2) is 39.7 Å². The van der Waals surface area contributed by atoms with Gasteiger partial charge in [-0.2, -0.15) is 13.2 Å². The van der Waals surface area contributed by atoms with Crippen molar-refractivity contribution >= 4 is 27.0 Å². The van der Waals surface area contributed by atoms with Gasteiger partial charge in [-0.1, -0.05) is 6.07 Å². The van der Waals surface area contributed by atoms with Gasteiger partial charge in [-0.25, -0.2) is 13.4 Å². The quantitative estimate of drug-likeness (QED) is 0.363. The maximum Gasteiger partial charge on any atom is 0.437 e. The number of carbonyl (C=O) groups excluding carboxylic acids is 1. The maximum atomic E-state index is 14.1. The molecule has 0 unspecified atom stereocenters. The van der Waals surface area contributed by atoms with Crippen molar-refractivity contribution in [3.8, 4) is 11.6 Å². The highest BCUT2D eigenvalue weighted by atomic mass is 32.2. The van der Waals surface area contributed by atoms with Gasteiger partial charge >= 0.3 is 6.18 Å². The molecule has 1 aliphatic rings. The zero-order chi connectivity index (χ0) is 27.7. The lowest BCUT2D eigenvalue weighted by molar-refractivity contribution is -0.141. The van der Waals surface area contributed by atoms with Crippen molar-refractivity contribution in [3.63, 3.8) is 0 Å². The molecule has 2 aromatic carbocycles. The minimum Gasteiger partial charge on any atom is -0.437 e. The molecule has 202 valence electrons. The van der Waals surface area contributed by atoms with Crippen LogP contribution in [0.3, 0.4) is 0 Å². The van der Waals surface area contributed by atoms with Gasteiger partial charge in [0.15, 0.2) is 5.69 Å². The molecule has 0 spiro atoms. The number of piperidine rings is 1. The van der Waals surface area contributed by atoms with Crippen LogP contribution in [0.4, 0.5) is 28.9 Å². The van der Waals surface area contributed by atoms with Crippen LogP contribution in [0.5, 0.6) is 11.6 Å². The summed E-state index contributed by atoms with van der Waals surface area (Å²) >= 11 is 0. The second kappa shape index (κ2) is 10.6. The molecule has 38 heavy (non-hydrogen) atoms. The van der Waals surface area contributed by atoms with Crippen molar-refractivity contribution in [2.45, 2.75) is 37.3 Å². The number of hydrogen-bond donors (Lipinski definition) is 2. The van der Waals surface area contributed by atoms with E-state index in [4.69, 9.17) is 9.52 Å². The Balaban J connectivity index is 1.88. The smallest absolute Gasteiger partial charge is 0.437 e. The van der Waals surface area contributed by atoms with Gasteiger partial charge < -0.3 is 15.0 Å². The van der Waals surface area contributed by atoms with E-state index in [2.05, 4.69) is 15.5 Å². The molecule has 3 aromatic rings. The van der Waals surface area contributed by atoms with E-state index < -0.39 is 50.5 Å². The van der Waals surface area contributed by atoms with Crippen molar-refractivity contribution in [3.05, 3.63) is 65.1 Å². The number of benzene rings is 2. The van der Waals surface area contributed by atoms with E-state index in [1.165, 1.54) is 54.5 Å². The average molecular weight is 552 g/mol. The summed E-state index contributed by atoms with van der Waals surface area (Å²) in [6, 6.07) is 9.26. The summed E-state index contributed by atoms with van der Waals surface area (Å²) in [6.07, 6.45) is -1.65. The zero-order valence-corrected chi connectivity index (χ0v) is 21.4. The molecule has 2 heterocycles. The predicted molar refractivity (Wildman–Crippen MR) is 134 cm³/mol. The van der Waals surface area contributed by atoms with Crippen molar-refractivity contribution < 1.29 is 31.3 Å². The van der Waals surface area contributed by atoms with E-state index in [0.29, 0.717) is 18.4 Å². The summed E-state index contributed by atoms with van der Waals surface area (Å²) < 4.78 is 81.8. The van der Waals surface area contributed by atoms with Crippen LogP contribution in [0.1, 0.15) is 40.9 Å². The molecule has 1 fully saturated rings. The molecule has 2 N–H and O–H groups in total. The number of aryl methyl sites for hydroxylation is 1. The highest BCUT2D eigenvalue weighted by Gasteiger charge is 2.42. The van der Waals surface area contributed by atoms with Gasteiger partial charge in [-0.15, -0.1) is 10.2 Å². The molecule has 1 aromatic heterocycles. The second-order valence-corrected chi connectivity index (χ2v) is 11.1. The molecule has 8 nitrogen and oxygen atoms in total. The van der Waals surface area contributed by atoms with Crippen LogP contribution in [0, 0.1) is 17.5 Å². The number of anilines is 2. The molecule has 1 aliphatic heterocycles. The van der Waals surface area contributed by atoms with Crippen LogP contribution in [0.2, 0.25) is 0 Å². The van der Waals surface area contributed by atoms with E-state index in [0.717, 1.165) is 12.5 Å². The first-order chi connectivity index (χ1) is 17.8. The Kier molecular flexibility index (Phi) is 7.58. The number of halogens is 4. The standard InChI is InChI=1S/C25H25F4N5O3S/c1-15-13-16(26)9-10-19(15)37-24-20(23(35)31-17-7-6-8-18(14-17)38(2,30)36)21(34-11-4-3-5-12-34)22(32-33-24)25(27,28)29/h6-10,13-14,30H,3-5,11-12H2,1-2H3,(H,31,35)/t38-/m0/s1. The predicted octanol–water partition coefficient (Wildman–Crippen LogP) is 6.01. The zero-order valence-electron chi connectivity index (χ0n) is 20.6. The van der Waals surface area contributed by atoms with E-state index in [1.807, 2.05) is 0 Å².